The summed E-state index contributed by atoms with van der Waals surface area (Å²) in [6.07, 6.45) is 1.52. The van der Waals surface area contributed by atoms with Crippen LogP contribution < -0.4 is 10.2 Å². The lowest BCUT2D eigenvalue weighted by Crippen LogP contribution is -2.63. The molecule has 3 saturated carbocycles. The van der Waals surface area contributed by atoms with Crippen molar-refractivity contribution in [2.45, 2.75) is 98.1 Å². The number of carbonyl (C=O) groups excluding carboxylic acids is 3. The van der Waals surface area contributed by atoms with Crippen LogP contribution in [0.1, 0.15) is 79.7 Å². The molecule has 12 heteroatoms. The van der Waals surface area contributed by atoms with Gasteiger partial charge in [0.25, 0.3) is 0 Å². The smallest absolute Gasteiger partial charge is 0.478 e. The Morgan fingerprint density at radius 2 is 1.89 bits per heavy atom. The first-order valence-corrected chi connectivity index (χ1v) is 16.1. The number of aliphatic hydroxyl groups excluding tert-OH is 2. The van der Waals surface area contributed by atoms with Gasteiger partial charge in [0.15, 0.2) is 12.4 Å². The maximum atomic E-state index is 13.7. The van der Waals surface area contributed by atoms with E-state index in [2.05, 4.69) is 18.6 Å². The zero-order chi connectivity index (χ0) is 34.0. The number of amides is 1. The number of hydrogen-bond acceptors (Lipinski definition) is 10. The Morgan fingerprint density at radius 1 is 1.20 bits per heavy atom. The van der Waals surface area contributed by atoms with Crippen LogP contribution in [0, 0.1) is 34.0 Å². The van der Waals surface area contributed by atoms with E-state index in [1.165, 1.54) is 12.3 Å². The normalized spacial score (nSPS) is 37.0. The molecule has 0 spiro atoms. The lowest BCUT2D eigenvalue weighted by Gasteiger charge is -2.61. The number of esters is 1. The maximum Gasteiger partial charge on any atom is 0.478 e. The molecule has 250 valence electrons. The number of rotatable bonds is 5. The Labute approximate surface area is 271 Å². The summed E-state index contributed by atoms with van der Waals surface area (Å²) in [4.78, 5) is 40.6. The molecule has 0 aromatic heterocycles. The quantitative estimate of drug-likeness (QED) is 0.251. The SMILES string of the molecule is C=C[C@]1(C)C[C@@H](OC(=O)COc2ccc3c(c2)B(O)N(C(=O)OC(C)(C)C)N=C3)[C@@]2(C)[C@@H]3C(=O)[C@@H](O)C[C@@]3(CC[C@@H]2C)[C@@H](C)[C@@H]1O. The van der Waals surface area contributed by atoms with Crippen molar-refractivity contribution < 1.29 is 43.8 Å². The van der Waals surface area contributed by atoms with E-state index < -0.39 is 71.8 Å². The maximum absolute atomic E-state index is 13.7. The second-order valence-electron chi connectivity index (χ2n) is 15.2. The molecular formula is C34H47BN2O9. The fourth-order valence-corrected chi connectivity index (χ4v) is 8.58. The van der Waals surface area contributed by atoms with Gasteiger partial charge in [-0.05, 0) is 86.9 Å². The molecule has 11 nitrogen and oxygen atoms in total. The van der Waals surface area contributed by atoms with Gasteiger partial charge >= 0.3 is 19.1 Å². The summed E-state index contributed by atoms with van der Waals surface area (Å²) in [5, 5.41) is 37.5. The highest BCUT2D eigenvalue weighted by Gasteiger charge is 2.70. The molecule has 0 unspecified atom stereocenters. The molecular weight excluding hydrogens is 591 g/mol. The van der Waals surface area contributed by atoms with Gasteiger partial charge in [-0.15, -0.1) is 6.58 Å². The highest BCUT2D eigenvalue weighted by atomic mass is 16.6. The number of fused-ring (bicyclic) bond motifs is 1. The zero-order valence-corrected chi connectivity index (χ0v) is 27.9. The van der Waals surface area contributed by atoms with Crippen molar-refractivity contribution in [3.8, 4) is 5.75 Å². The average Bonchev–Trinajstić information content (AvgIpc) is 3.26. The Morgan fingerprint density at radius 3 is 2.54 bits per heavy atom. The molecule has 5 rings (SSSR count). The lowest BCUT2D eigenvalue weighted by molar-refractivity contribution is -0.207. The van der Waals surface area contributed by atoms with E-state index in [0.29, 0.717) is 17.4 Å². The number of nitrogens with zero attached hydrogens (tertiary/aromatic N) is 2. The minimum atomic E-state index is -1.43. The second-order valence-corrected chi connectivity index (χ2v) is 15.2. The van der Waals surface area contributed by atoms with Gasteiger partial charge in [-0.2, -0.15) is 5.10 Å². The lowest BCUT2D eigenvalue weighted by atomic mass is 9.44. The van der Waals surface area contributed by atoms with Gasteiger partial charge in [0.2, 0.25) is 0 Å². The van der Waals surface area contributed by atoms with Crippen molar-refractivity contribution >= 4 is 36.6 Å². The van der Waals surface area contributed by atoms with E-state index in [4.69, 9.17) is 14.2 Å². The van der Waals surface area contributed by atoms with Crippen LogP contribution in [0.25, 0.3) is 0 Å². The minimum Gasteiger partial charge on any atom is -0.482 e. The van der Waals surface area contributed by atoms with E-state index in [-0.39, 0.29) is 36.2 Å². The molecule has 1 heterocycles. The summed E-state index contributed by atoms with van der Waals surface area (Å²) >= 11 is 0. The van der Waals surface area contributed by atoms with Crippen molar-refractivity contribution in [3.05, 3.63) is 36.4 Å². The summed E-state index contributed by atoms with van der Waals surface area (Å²) < 4.78 is 17.4. The number of aliphatic hydroxyl groups is 2. The van der Waals surface area contributed by atoms with Crippen LogP contribution in [-0.2, 0) is 19.1 Å². The number of hydrogen-bond donors (Lipinski definition) is 3. The Kier molecular flexibility index (Phi) is 8.75. The summed E-state index contributed by atoms with van der Waals surface area (Å²) in [5.74, 6) is -1.53. The molecule has 2 bridgehead atoms. The Balaban J connectivity index is 1.38. The van der Waals surface area contributed by atoms with Crippen molar-refractivity contribution in [2.24, 2.45) is 39.1 Å². The monoisotopic (exact) mass is 638 g/mol. The Bertz CT molecular complexity index is 1440. The highest BCUT2D eigenvalue weighted by Crippen LogP contribution is 2.68. The molecule has 3 N–H and O–H groups in total. The number of ether oxygens (including phenoxy) is 3. The third-order valence-corrected chi connectivity index (χ3v) is 11.4. The van der Waals surface area contributed by atoms with Crippen LogP contribution in [0.3, 0.4) is 0 Å². The third-order valence-electron chi connectivity index (χ3n) is 11.4. The van der Waals surface area contributed by atoms with Gasteiger partial charge in [-0.3, -0.25) is 4.79 Å². The summed E-state index contributed by atoms with van der Waals surface area (Å²) in [5.41, 5.74) is -2.14. The van der Waals surface area contributed by atoms with Crippen molar-refractivity contribution in [3.63, 3.8) is 0 Å². The number of Topliss-reactive ketones (excluding diaryl/α,β-unsaturated/α-hetero) is 1. The molecule has 3 fully saturated rings. The first-order chi connectivity index (χ1) is 21.4. The number of ketones is 1. The summed E-state index contributed by atoms with van der Waals surface area (Å²) in [6.45, 7) is 16.6. The molecule has 9 atom stereocenters. The predicted octanol–water partition coefficient (Wildman–Crippen LogP) is 3.21. The topological polar surface area (TPSA) is 155 Å². The van der Waals surface area contributed by atoms with Gasteiger partial charge in [0, 0.05) is 16.7 Å². The molecule has 1 amide bonds. The van der Waals surface area contributed by atoms with Crippen LogP contribution in [0.15, 0.2) is 36.0 Å². The van der Waals surface area contributed by atoms with E-state index in [9.17, 15) is 29.6 Å². The van der Waals surface area contributed by atoms with Crippen LogP contribution in [0.2, 0.25) is 0 Å². The van der Waals surface area contributed by atoms with Crippen LogP contribution in [0.5, 0.6) is 5.75 Å². The average molecular weight is 639 g/mol. The molecule has 0 saturated heterocycles. The standard InChI is InChI=1S/C34H47BN2O9/c1-9-32(7)16-25(33(8)19(2)12-13-34(20(3)29(32)41)15-24(38)27(40)28(33)34)45-26(39)18-44-22-11-10-21-17-36-37(35(43)23(21)14-22)30(42)46-31(4,5)6/h9-11,14,17,19-20,24-25,28-29,38,41,43H,1,12-13,15-16,18H2,2-8H3/t19-,20-,24-,25+,28-,29-,32+,33-,34-/m0/s1. The summed E-state index contributed by atoms with van der Waals surface area (Å²) in [7, 11) is -1.43. The number of benzene rings is 1. The fourth-order valence-electron chi connectivity index (χ4n) is 8.58. The number of hydrazone groups is 1. The third kappa shape index (κ3) is 5.56. The van der Waals surface area contributed by atoms with Gasteiger partial charge in [-0.1, -0.05) is 39.8 Å². The van der Waals surface area contributed by atoms with Crippen molar-refractivity contribution in [2.75, 3.05) is 6.61 Å². The largest absolute Gasteiger partial charge is 0.482 e. The first kappa shape index (κ1) is 34.1. The molecule has 3 aliphatic carbocycles. The molecule has 0 radical (unpaired) electrons. The summed E-state index contributed by atoms with van der Waals surface area (Å²) in [6, 6.07) is 4.80. The molecule has 1 aromatic rings. The van der Waals surface area contributed by atoms with Crippen LogP contribution in [0.4, 0.5) is 4.79 Å². The number of carbonyl (C=O) groups is 3. The van der Waals surface area contributed by atoms with Gasteiger partial charge in [0.05, 0.1) is 12.3 Å². The van der Waals surface area contributed by atoms with Gasteiger partial charge < -0.3 is 29.4 Å². The predicted molar refractivity (Wildman–Crippen MR) is 171 cm³/mol. The van der Waals surface area contributed by atoms with E-state index in [0.717, 1.165) is 11.3 Å². The van der Waals surface area contributed by atoms with Crippen molar-refractivity contribution in [1.29, 1.82) is 0 Å². The molecule has 1 aliphatic heterocycles. The van der Waals surface area contributed by atoms with Gasteiger partial charge in [-0.25, -0.2) is 14.5 Å². The van der Waals surface area contributed by atoms with Crippen LogP contribution in [-0.4, -0.2) is 81.8 Å². The molecule has 4 aliphatic rings. The zero-order valence-electron chi connectivity index (χ0n) is 27.9. The van der Waals surface area contributed by atoms with Crippen LogP contribution >= 0.6 is 0 Å². The Hall–Kier alpha value is -3.22. The van der Waals surface area contributed by atoms with E-state index in [1.54, 1.807) is 39.0 Å². The van der Waals surface area contributed by atoms with Crippen molar-refractivity contribution in [1.82, 2.24) is 4.92 Å². The molecule has 46 heavy (non-hydrogen) atoms. The first-order valence-electron chi connectivity index (χ1n) is 16.1. The van der Waals surface area contributed by atoms with E-state index in [1.807, 2.05) is 20.8 Å². The minimum absolute atomic E-state index is 0.00758. The molecule has 1 aromatic carbocycles. The fraction of sp³-hybridized carbons (Fsp3) is 0.647. The highest BCUT2D eigenvalue weighted by molar-refractivity contribution is 6.67. The van der Waals surface area contributed by atoms with Gasteiger partial charge in [0.1, 0.15) is 23.6 Å². The van der Waals surface area contributed by atoms with E-state index >= 15 is 0 Å². The second kappa shape index (κ2) is 11.8.